The molecule has 0 bridgehead atoms. The summed E-state index contributed by atoms with van der Waals surface area (Å²) in [5, 5.41) is 6.12. The van der Waals surface area contributed by atoms with Gasteiger partial charge in [-0.3, -0.25) is 10.1 Å². The van der Waals surface area contributed by atoms with Gasteiger partial charge >= 0.3 is 0 Å². The van der Waals surface area contributed by atoms with Crippen molar-refractivity contribution in [3.05, 3.63) is 76.8 Å². The van der Waals surface area contributed by atoms with E-state index >= 15 is 0 Å². The zero-order valence-electron chi connectivity index (χ0n) is 16.7. The lowest BCUT2D eigenvalue weighted by Crippen LogP contribution is -2.34. The first kappa shape index (κ1) is 20.8. The van der Waals surface area contributed by atoms with Gasteiger partial charge in [-0.25, -0.2) is 4.98 Å². The first-order valence-corrected chi connectivity index (χ1v) is 10.2. The highest BCUT2D eigenvalue weighted by molar-refractivity contribution is 7.80. The van der Waals surface area contributed by atoms with Gasteiger partial charge in [0, 0.05) is 16.8 Å². The predicted molar refractivity (Wildman–Crippen MR) is 126 cm³/mol. The molecule has 4 aromatic rings. The molecule has 0 aliphatic rings. The van der Waals surface area contributed by atoms with Crippen LogP contribution in [0.5, 0.6) is 5.75 Å². The number of amides is 1. The van der Waals surface area contributed by atoms with Gasteiger partial charge in [0.2, 0.25) is 5.89 Å². The molecule has 2 N–H and O–H groups in total. The van der Waals surface area contributed by atoms with Crippen molar-refractivity contribution in [1.82, 2.24) is 10.3 Å². The summed E-state index contributed by atoms with van der Waals surface area (Å²) >= 11 is 11.4. The number of hydrogen-bond acceptors (Lipinski definition) is 5. The maximum atomic E-state index is 12.4. The summed E-state index contributed by atoms with van der Waals surface area (Å²) in [7, 11) is 1.51. The monoisotopic (exact) mass is 451 g/mol. The molecule has 3 aromatic carbocycles. The van der Waals surface area contributed by atoms with Crippen molar-refractivity contribution in [3.63, 3.8) is 0 Å². The third-order valence-electron chi connectivity index (χ3n) is 4.66. The number of aryl methyl sites for hydroxylation is 1. The molecule has 0 aliphatic heterocycles. The van der Waals surface area contributed by atoms with Crippen molar-refractivity contribution in [2.75, 3.05) is 12.4 Å². The highest BCUT2D eigenvalue weighted by Crippen LogP contribution is 2.28. The van der Waals surface area contributed by atoms with Crippen LogP contribution < -0.4 is 15.4 Å². The number of oxazole rings is 1. The molecule has 0 saturated heterocycles. The summed E-state index contributed by atoms with van der Waals surface area (Å²) < 4.78 is 11.0. The average molecular weight is 452 g/mol. The van der Waals surface area contributed by atoms with Crippen LogP contribution in [-0.4, -0.2) is 23.1 Å². The van der Waals surface area contributed by atoms with E-state index in [1.165, 1.54) is 13.2 Å². The van der Waals surface area contributed by atoms with E-state index in [0.29, 0.717) is 39.0 Å². The van der Waals surface area contributed by atoms with Crippen molar-refractivity contribution in [2.45, 2.75) is 6.92 Å². The number of benzene rings is 3. The summed E-state index contributed by atoms with van der Waals surface area (Å²) in [4.78, 5) is 17.0. The molecule has 0 spiro atoms. The zero-order valence-corrected chi connectivity index (χ0v) is 18.3. The standard InChI is InChI=1S/C23H18ClN3O3S/c1-13-5-3-4-6-16(13)22-26-18-12-15(8-10-20(18)30-22)25-23(31)27-21(28)14-7-9-19(29-2)17(24)11-14/h3-12H,1-2H3,(H2,25,27,28,31). The Labute approximate surface area is 189 Å². The fraction of sp³-hybridized carbons (Fsp3) is 0.0870. The van der Waals surface area contributed by atoms with Gasteiger partial charge in [-0.2, -0.15) is 0 Å². The molecule has 6 nitrogen and oxygen atoms in total. The van der Waals surface area contributed by atoms with Crippen LogP contribution in [0.3, 0.4) is 0 Å². The van der Waals surface area contributed by atoms with Crippen LogP contribution in [0.15, 0.2) is 65.1 Å². The number of thiocarbonyl (C=S) groups is 1. The minimum absolute atomic E-state index is 0.152. The van der Waals surface area contributed by atoms with Gasteiger partial charge in [0.1, 0.15) is 11.3 Å². The Morgan fingerprint density at radius 3 is 2.68 bits per heavy atom. The first-order chi connectivity index (χ1) is 14.9. The average Bonchev–Trinajstić information content (AvgIpc) is 3.17. The van der Waals surface area contributed by atoms with Crippen LogP contribution in [0.2, 0.25) is 5.02 Å². The highest BCUT2D eigenvalue weighted by Gasteiger charge is 2.13. The fourth-order valence-corrected chi connectivity index (χ4v) is 3.55. The molecule has 0 saturated carbocycles. The zero-order chi connectivity index (χ0) is 22.0. The number of rotatable bonds is 4. The number of ether oxygens (including phenoxy) is 1. The van der Waals surface area contributed by atoms with Crippen molar-refractivity contribution in [3.8, 4) is 17.2 Å². The number of carbonyl (C=O) groups excluding carboxylic acids is 1. The van der Waals surface area contributed by atoms with E-state index in [-0.39, 0.29) is 11.0 Å². The van der Waals surface area contributed by atoms with Gasteiger partial charge in [-0.05, 0) is 67.2 Å². The molecule has 1 heterocycles. The fourth-order valence-electron chi connectivity index (χ4n) is 3.08. The maximum Gasteiger partial charge on any atom is 0.257 e. The number of hydrogen-bond donors (Lipinski definition) is 2. The molecule has 1 amide bonds. The molecule has 31 heavy (non-hydrogen) atoms. The summed E-state index contributed by atoms with van der Waals surface area (Å²) in [5.41, 5.74) is 4.40. The smallest absolute Gasteiger partial charge is 0.257 e. The highest BCUT2D eigenvalue weighted by atomic mass is 35.5. The van der Waals surface area contributed by atoms with E-state index < -0.39 is 0 Å². The minimum atomic E-state index is -0.383. The van der Waals surface area contributed by atoms with Gasteiger partial charge in [0.15, 0.2) is 10.7 Å². The van der Waals surface area contributed by atoms with Crippen molar-refractivity contribution in [1.29, 1.82) is 0 Å². The second-order valence-electron chi connectivity index (χ2n) is 6.77. The van der Waals surface area contributed by atoms with Crippen LogP contribution in [0.1, 0.15) is 15.9 Å². The Morgan fingerprint density at radius 1 is 1.13 bits per heavy atom. The van der Waals surface area contributed by atoms with E-state index in [1.807, 2.05) is 37.3 Å². The summed E-state index contributed by atoms with van der Waals surface area (Å²) in [5.74, 6) is 0.661. The topological polar surface area (TPSA) is 76.4 Å². The van der Waals surface area contributed by atoms with E-state index in [1.54, 1.807) is 24.3 Å². The van der Waals surface area contributed by atoms with Crippen LogP contribution in [0.4, 0.5) is 5.69 Å². The molecule has 8 heteroatoms. The van der Waals surface area contributed by atoms with Crippen LogP contribution >= 0.6 is 23.8 Å². The Hall–Kier alpha value is -3.42. The van der Waals surface area contributed by atoms with Gasteiger partial charge in [0.25, 0.3) is 5.91 Å². The van der Waals surface area contributed by atoms with Crippen LogP contribution in [-0.2, 0) is 0 Å². The number of halogens is 1. The van der Waals surface area contributed by atoms with Crippen molar-refractivity contribution >= 4 is 51.6 Å². The molecule has 4 rings (SSSR count). The number of nitrogens with one attached hydrogen (secondary N) is 2. The summed E-state index contributed by atoms with van der Waals surface area (Å²) in [6, 6.07) is 18.1. The molecule has 0 fully saturated rings. The molecular weight excluding hydrogens is 434 g/mol. The first-order valence-electron chi connectivity index (χ1n) is 9.37. The molecule has 0 atom stereocenters. The van der Waals surface area contributed by atoms with E-state index in [2.05, 4.69) is 15.6 Å². The number of methoxy groups -OCH3 is 1. The number of aromatic nitrogens is 1. The molecule has 0 unspecified atom stereocenters. The summed E-state index contributed by atoms with van der Waals surface area (Å²) in [6.45, 7) is 2.01. The third-order valence-corrected chi connectivity index (χ3v) is 5.16. The van der Waals surface area contributed by atoms with Gasteiger partial charge in [-0.1, -0.05) is 29.8 Å². The largest absolute Gasteiger partial charge is 0.495 e. The quantitative estimate of drug-likeness (QED) is 0.394. The van der Waals surface area contributed by atoms with E-state index in [9.17, 15) is 4.79 Å². The second-order valence-corrected chi connectivity index (χ2v) is 7.59. The Kier molecular flexibility index (Phi) is 5.88. The van der Waals surface area contributed by atoms with Crippen LogP contribution in [0.25, 0.3) is 22.6 Å². The maximum absolute atomic E-state index is 12.4. The van der Waals surface area contributed by atoms with Crippen molar-refractivity contribution < 1.29 is 13.9 Å². The normalized spacial score (nSPS) is 10.7. The molecule has 156 valence electrons. The number of nitrogens with zero attached hydrogens (tertiary/aromatic N) is 1. The molecular formula is C23H18ClN3O3S. The molecule has 0 radical (unpaired) electrons. The Bertz CT molecular complexity index is 1300. The van der Waals surface area contributed by atoms with E-state index in [0.717, 1.165) is 11.1 Å². The summed E-state index contributed by atoms with van der Waals surface area (Å²) in [6.07, 6.45) is 0. The molecule has 1 aromatic heterocycles. The Morgan fingerprint density at radius 2 is 1.94 bits per heavy atom. The minimum Gasteiger partial charge on any atom is -0.495 e. The third kappa shape index (κ3) is 4.52. The van der Waals surface area contributed by atoms with Gasteiger partial charge < -0.3 is 14.5 Å². The number of anilines is 1. The lowest BCUT2D eigenvalue weighted by atomic mass is 10.1. The van der Waals surface area contributed by atoms with Crippen LogP contribution in [0, 0.1) is 6.92 Å². The van der Waals surface area contributed by atoms with Gasteiger partial charge in [0.05, 0.1) is 12.1 Å². The van der Waals surface area contributed by atoms with Crippen molar-refractivity contribution in [2.24, 2.45) is 0 Å². The number of fused-ring (bicyclic) bond motifs is 1. The lowest BCUT2D eigenvalue weighted by molar-refractivity contribution is 0.0977. The number of carbonyl (C=O) groups is 1. The van der Waals surface area contributed by atoms with Gasteiger partial charge in [-0.15, -0.1) is 0 Å². The SMILES string of the molecule is COc1ccc(C(=O)NC(=S)Nc2ccc3oc(-c4ccccc4C)nc3c2)cc1Cl. The predicted octanol–water partition coefficient (Wildman–Crippen LogP) is 5.59. The lowest BCUT2D eigenvalue weighted by Gasteiger charge is -2.10. The Balaban J connectivity index is 1.48. The molecule has 0 aliphatic carbocycles. The van der Waals surface area contributed by atoms with E-state index in [4.69, 9.17) is 33.0 Å². The second kappa shape index (κ2) is 8.75.